The molecule has 0 aromatic heterocycles. The number of amides is 1. The molecule has 0 saturated heterocycles. The van der Waals surface area contributed by atoms with Gasteiger partial charge >= 0.3 is 0 Å². The molecule has 3 rings (SSSR count). The number of nitrogens with zero attached hydrogens (tertiary/aromatic N) is 2. The van der Waals surface area contributed by atoms with E-state index in [0.717, 1.165) is 33.2 Å². The summed E-state index contributed by atoms with van der Waals surface area (Å²) in [6, 6.07) is 14.1. The highest BCUT2D eigenvalue weighted by Crippen LogP contribution is 2.42. The fraction of sp³-hybridized carbons (Fsp3) is 0.278. The van der Waals surface area contributed by atoms with Gasteiger partial charge in [0.25, 0.3) is 5.91 Å². The highest BCUT2D eigenvalue weighted by molar-refractivity contribution is 7.99. The van der Waals surface area contributed by atoms with Gasteiger partial charge in [-0.25, -0.2) is 0 Å². The zero-order valence-corrected chi connectivity index (χ0v) is 14.0. The minimum atomic E-state index is 0.0954. The van der Waals surface area contributed by atoms with Crippen LogP contribution >= 0.6 is 11.8 Å². The molecule has 0 spiro atoms. The molecule has 1 heterocycles. The topological polar surface area (TPSA) is 23.6 Å². The van der Waals surface area contributed by atoms with Crippen LogP contribution in [-0.2, 0) is 0 Å². The van der Waals surface area contributed by atoms with Gasteiger partial charge in [-0.15, -0.1) is 0 Å². The minimum absolute atomic E-state index is 0.0954. The molecule has 114 valence electrons. The molecule has 0 atom stereocenters. The largest absolute Gasteiger partial charge is 0.308 e. The van der Waals surface area contributed by atoms with Crippen LogP contribution in [0.1, 0.15) is 15.9 Å². The van der Waals surface area contributed by atoms with E-state index in [1.165, 1.54) is 0 Å². The summed E-state index contributed by atoms with van der Waals surface area (Å²) in [6.07, 6.45) is 0. The van der Waals surface area contributed by atoms with Gasteiger partial charge < -0.3 is 9.80 Å². The van der Waals surface area contributed by atoms with Crippen LogP contribution in [0.2, 0.25) is 0 Å². The second-order valence-corrected chi connectivity index (χ2v) is 6.83. The summed E-state index contributed by atoms with van der Waals surface area (Å²) in [5.41, 5.74) is 2.97. The van der Waals surface area contributed by atoms with Crippen molar-refractivity contribution in [3.63, 3.8) is 0 Å². The monoisotopic (exact) mass is 312 g/mol. The van der Waals surface area contributed by atoms with E-state index in [1.807, 2.05) is 49.3 Å². The third-order valence-electron chi connectivity index (χ3n) is 3.83. The zero-order chi connectivity index (χ0) is 15.7. The smallest absolute Gasteiger partial charge is 0.259 e. The molecule has 22 heavy (non-hydrogen) atoms. The summed E-state index contributed by atoms with van der Waals surface area (Å²) < 4.78 is 0. The van der Waals surface area contributed by atoms with Gasteiger partial charge in [0.05, 0.1) is 11.3 Å². The standard InChI is InChI=1S/C18H20N2OS/c1-13-7-6-8-14-17(13)22-16-10-5-4-9-15(16)20(18(14)21)12-11-19(2)3/h4-10H,11-12H2,1-3H3. The number of aryl methyl sites for hydroxylation is 1. The van der Waals surface area contributed by atoms with Gasteiger partial charge in [-0.2, -0.15) is 0 Å². The van der Waals surface area contributed by atoms with E-state index in [4.69, 9.17) is 0 Å². The SMILES string of the molecule is Cc1cccc2c1Sc1ccccc1N(CCN(C)C)C2=O. The Labute approximate surface area is 135 Å². The molecule has 1 amide bonds. The lowest BCUT2D eigenvalue weighted by Crippen LogP contribution is -2.36. The summed E-state index contributed by atoms with van der Waals surface area (Å²) in [7, 11) is 4.06. The van der Waals surface area contributed by atoms with Crippen LogP contribution in [0.15, 0.2) is 52.3 Å². The third-order valence-corrected chi connectivity index (χ3v) is 5.14. The summed E-state index contributed by atoms with van der Waals surface area (Å²) >= 11 is 1.70. The molecule has 0 aliphatic carbocycles. The first-order chi connectivity index (χ1) is 10.6. The fourth-order valence-corrected chi connectivity index (χ4v) is 3.75. The van der Waals surface area contributed by atoms with E-state index in [0.29, 0.717) is 6.54 Å². The molecule has 1 aliphatic rings. The van der Waals surface area contributed by atoms with Crippen molar-refractivity contribution in [1.29, 1.82) is 0 Å². The third kappa shape index (κ3) is 2.76. The quantitative estimate of drug-likeness (QED) is 0.864. The number of likely N-dealkylation sites (N-methyl/N-ethyl adjacent to an activating group) is 1. The highest BCUT2D eigenvalue weighted by Gasteiger charge is 2.27. The number of hydrogen-bond donors (Lipinski definition) is 0. The second kappa shape index (κ2) is 6.15. The number of fused-ring (bicyclic) bond motifs is 2. The molecular formula is C18H20N2OS. The summed E-state index contributed by atoms with van der Waals surface area (Å²) in [5.74, 6) is 0.0954. The first-order valence-corrected chi connectivity index (χ1v) is 8.22. The van der Waals surface area contributed by atoms with Crippen molar-refractivity contribution >= 4 is 23.4 Å². The Bertz CT molecular complexity index is 712. The Morgan fingerprint density at radius 2 is 1.86 bits per heavy atom. The number of rotatable bonds is 3. The molecule has 0 radical (unpaired) electrons. The van der Waals surface area contributed by atoms with Crippen molar-refractivity contribution in [2.24, 2.45) is 0 Å². The van der Waals surface area contributed by atoms with E-state index in [-0.39, 0.29) is 5.91 Å². The van der Waals surface area contributed by atoms with Gasteiger partial charge in [0.2, 0.25) is 0 Å². The Hall–Kier alpha value is -1.78. The maximum atomic E-state index is 13.1. The maximum absolute atomic E-state index is 13.1. The molecule has 2 aromatic carbocycles. The van der Waals surface area contributed by atoms with E-state index in [1.54, 1.807) is 11.8 Å². The van der Waals surface area contributed by atoms with Crippen molar-refractivity contribution in [3.05, 3.63) is 53.6 Å². The average molecular weight is 312 g/mol. The molecule has 3 nitrogen and oxygen atoms in total. The van der Waals surface area contributed by atoms with E-state index < -0.39 is 0 Å². The van der Waals surface area contributed by atoms with Crippen molar-refractivity contribution in [2.45, 2.75) is 16.7 Å². The van der Waals surface area contributed by atoms with Crippen molar-refractivity contribution in [2.75, 3.05) is 32.1 Å². The Kier molecular flexibility index (Phi) is 4.23. The lowest BCUT2D eigenvalue weighted by atomic mass is 10.1. The Morgan fingerprint density at radius 1 is 1.09 bits per heavy atom. The van der Waals surface area contributed by atoms with Crippen LogP contribution in [-0.4, -0.2) is 38.0 Å². The second-order valence-electron chi connectivity index (χ2n) is 5.78. The van der Waals surface area contributed by atoms with Gasteiger partial charge in [-0.1, -0.05) is 36.0 Å². The molecule has 0 saturated carbocycles. The van der Waals surface area contributed by atoms with Crippen LogP contribution in [0.5, 0.6) is 0 Å². The summed E-state index contributed by atoms with van der Waals surface area (Å²) in [5, 5.41) is 0. The number of para-hydroxylation sites is 1. The van der Waals surface area contributed by atoms with Gasteiger partial charge in [0.15, 0.2) is 0 Å². The maximum Gasteiger partial charge on any atom is 0.259 e. The van der Waals surface area contributed by atoms with E-state index in [9.17, 15) is 4.79 Å². The molecular weight excluding hydrogens is 292 g/mol. The number of hydrogen-bond acceptors (Lipinski definition) is 3. The summed E-state index contributed by atoms with van der Waals surface area (Å²) in [4.78, 5) is 19.3. The van der Waals surface area contributed by atoms with Crippen LogP contribution in [0.3, 0.4) is 0 Å². The molecule has 0 fully saturated rings. The molecule has 0 bridgehead atoms. The Morgan fingerprint density at radius 3 is 2.64 bits per heavy atom. The van der Waals surface area contributed by atoms with E-state index in [2.05, 4.69) is 24.0 Å². The van der Waals surface area contributed by atoms with Gasteiger partial charge in [0, 0.05) is 22.9 Å². The number of carbonyl (C=O) groups excluding carboxylic acids is 1. The fourth-order valence-electron chi connectivity index (χ4n) is 2.61. The first kappa shape index (κ1) is 15.1. The predicted octanol–water partition coefficient (Wildman–Crippen LogP) is 3.67. The number of carbonyl (C=O) groups is 1. The van der Waals surface area contributed by atoms with Crippen molar-refractivity contribution in [1.82, 2.24) is 4.90 Å². The molecule has 0 unspecified atom stereocenters. The van der Waals surface area contributed by atoms with Crippen molar-refractivity contribution < 1.29 is 4.79 Å². The van der Waals surface area contributed by atoms with Gasteiger partial charge in [-0.3, -0.25) is 4.79 Å². The van der Waals surface area contributed by atoms with Crippen LogP contribution < -0.4 is 4.90 Å². The molecule has 0 N–H and O–H groups in total. The molecule has 1 aliphatic heterocycles. The lowest BCUT2D eigenvalue weighted by molar-refractivity contribution is 0.0982. The predicted molar refractivity (Wildman–Crippen MR) is 92.0 cm³/mol. The van der Waals surface area contributed by atoms with Crippen LogP contribution in [0.4, 0.5) is 5.69 Å². The van der Waals surface area contributed by atoms with Gasteiger partial charge in [0.1, 0.15) is 0 Å². The van der Waals surface area contributed by atoms with E-state index >= 15 is 0 Å². The normalized spacial score (nSPS) is 13.8. The molecule has 2 aromatic rings. The van der Waals surface area contributed by atoms with Crippen LogP contribution in [0.25, 0.3) is 0 Å². The average Bonchev–Trinajstić information content (AvgIpc) is 2.61. The summed E-state index contributed by atoms with van der Waals surface area (Å²) in [6.45, 7) is 3.60. The lowest BCUT2D eigenvalue weighted by Gasteiger charge is -2.24. The zero-order valence-electron chi connectivity index (χ0n) is 13.2. The Balaban J connectivity index is 2.11. The number of benzene rings is 2. The highest BCUT2D eigenvalue weighted by atomic mass is 32.2. The minimum Gasteiger partial charge on any atom is -0.308 e. The van der Waals surface area contributed by atoms with Crippen molar-refractivity contribution in [3.8, 4) is 0 Å². The molecule has 4 heteroatoms. The van der Waals surface area contributed by atoms with Crippen LogP contribution in [0, 0.1) is 6.92 Å². The first-order valence-electron chi connectivity index (χ1n) is 7.41. The van der Waals surface area contributed by atoms with Gasteiger partial charge in [-0.05, 0) is 44.8 Å². The number of anilines is 1.